The van der Waals surface area contributed by atoms with Gasteiger partial charge in [0.05, 0.1) is 11.6 Å². The van der Waals surface area contributed by atoms with E-state index < -0.39 is 11.9 Å². The summed E-state index contributed by atoms with van der Waals surface area (Å²) in [5.74, 6) is -1.57. The van der Waals surface area contributed by atoms with E-state index in [1.807, 2.05) is 24.3 Å². The van der Waals surface area contributed by atoms with Gasteiger partial charge in [-0.25, -0.2) is 0 Å². The van der Waals surface area contributed by atoms with Crippen molar-refractivity contribution in [1.82, 2.24) is 0 Å². The van der Waals surface area contributed by atoms with Gasteiger partial charge in [0.2, 0.25) is 17.7 Å². The van der Waals surface area contributed by atoms with Crippen LogP contribution in [0.3, 0.4) is 0 Å². The van der Waals surface area contributed by atoms with E-state index in [2.05, 4.69) is 15.9 Å². The zero-order valence-corrected chi connectivity index (χ0v) is 16.9. The number of carbonyl (C=O) groups is 4. The van der Waals surface area contributed by atoms with Crippen molar-refractivity contribution in [2.75, 3.05) is 16.3 Å². The van der Waals surface area contributed by atoms with Crippen molar-refractivity contribution in [3.05, 3.63) is 53.0 Å². The van der Waals surface area contributed by atoms with E-state index in [-0.39, 0.29) is 49.3 Å². The number of ether oxygens (including phenoxy) is 1. The van der Waals surface area contributed by atoms with Gasteiger partial charge < -0.3 is 9.64 Å². The minimum absolute atomic E-state index is 0.0671. The number of hydrogen-bond donors (Lipinski definition) is 0. The van der Waals surface area contributed by atoms with Crippen molar-refractivity contribution < 1.29 is 23.9 Å². The summed E-state index contributed by atoms with van der Waals surface area (Å²) in [6.45, 7) is 0.238. The molecule has 0 N–H and O–H groups in total. The maximum atomic E-state index is 12.6. The maximum absolute atomic E-state index is 12.6. The number of amides is 3. The summed E-state index contributed by atoms with van der Waals surface area (Å²) in [4.78, 5) is 51.4. The molecule has 2 fully saturated rings. The number of rotatable bonds is 4. The molecule has 2 aliphatic rings. The van der Waals surface area contributed by atoms with Gasteiger partial charge >= 0.3 is 5.97 Å². The van der Waals surface area contributed by atoms with Gasteiger partial charge in [-0.05, 0) is 36.4 Å². The third-order valence-corrected chi connectivity index (χ3v) is 5.47. The second kappa shape index (κ2) is 7.79. The zero-order chi connectivity index (χ0) is 20.5. The first-order valence-electron chi connectivity index (χ1n) is 9.16. The Morgan fingerprint density at radius 2 is 1.62 bits per heavy atom. The predicted molar refractivity (Wildman–Crippen MR) is 108 cm³/mol. The van der Waals surface area contributed by atoms with Crippen molar-refractivity contribution in [2.24, 2.45) is 5.92 Å². The Morgan fingerprint density at radius 1 is 0.931 bits per heavy atom. The van der Waals surface area contributed by atoms with E-state index in [1.54, 1.807) is 23.1 Å². The van der Waals surface area contributed by atoms with Crippen molar-refractivity contribution in [2.45, 2.75) is 19.3 Å². The van der Waals surface area contributed by atoms with Gasteiger partial charge in [0.1, 0.15) is 5.75 Å². The predicted octanol–water partition coefficient (Wildman–Crippen LogP) is 3.06. The molecule has 0 spiro atoms. The zero-order valence-electron chi connectivity index (χ0n) is 15.3. The SMILES string of the molecule is O=C(Oc1cccc(N2C(=O)CCC2=O)c1)[C@H]1CC(=O)N(c2ccc(Br)cc2)C1. The van der Waals surface area contributed by atoms with Gasteiger partial charge in [-0.15, -0.1) is 0 Å². The number of benzene rings is 2. The highest BCUT2D eigenvalue weighted by Gasteiger charge is 2.36. The molecule has 4 rings (SSSR count). The smallest absolute Gasteiger partial charge is 0.316 e. The number of carbonyl (C=O) groups excluding carboxylic acids is 4. The van der Waals surface area contributed by atoms with Crippen molar-refractivity contribution >= 4 is 51.0 Å². The second-order valence-electron chi connectivity index (χ2n) is 6.92. The molecule has 0 aliphatic carbocycles. The Kier molecular flexibility index (Phi) is 5.19. The van der Waals surface area contributed by atoms with E-state index >= 15 is 0 Å². The molecule has 148 valence electrons. The summed E-state index contributed by atoms with van der Waals surface area (Å²) in [6.07, 6.45) is 0.426. The fourth-order valence-electron chi connectivity index (χ4n) is 3.49. The second-order valence-corrected chi connectivity index (χ2v) is 7.84. The molecule has 8 heteroatoms. The van der Waals surface area contributed by atoms with Crippen LogP contribution in [0.4, 0.5) is 11.4 Å². The van der Waals surface area contributed by atoms with E-state index in [4.69, 9.17) is 4.74 Å². The molecule has 0 radical (unpaired) electrons. The van der Waals surface area contributed by atoms with Crippen molar-refractivity contribution in [3.63, 3.8) is 0 Å². The maximum Gasteiger partial charge on any atom is 0.316 e. The van der Waals surface area contributed by atoms with E-state index in [9.17, 15) is 19.2 Å². The fraction of sp³-hybridized carbons (Fsp3) is 0.238. The van der Waals surface area contributed by atoms with Gasteiger partial charge in [-0.2, -0.15) is 0 Å². The number of nitrogens with zero attached hydrogens (tertiary/aromatic N) is 2. The van der Waals surface area contributed by atoms with E-state index in [0.29, 0.717) is 5.69 Å². The lowest BCUT2D eigenvalue weighted by Gasteiger charge is -2.17. The molecular formula is C21H17BrN2O5. The van der Waals surface area contributed by atoms with Gasteiger partial charge in [0, 0.05) is 42.0 Å². The summed E-state index contributed by atoms with van der Waals surface area (Å²) in [5.41, 5.74) is 1.10. The van der Waals surface area contributed by atoms with Gasteiger partial charge in [0.15, 0.2) is 0 Å². The van der Waals surface area contributed by atoms with Crippen LogP contribution in [-0.2, 0) is 19.2 Å². The van der Waals surface area contributed by atoms with Crippen LogP contribution in [0.15, 0.2) is 53.0 Å². The Morgan fingerprint density at radius 3 is 2.31 bits per heavy atom. The van der Waals surface area contributed by atoms with Crippen LogP contribution in [0.25, 0.3) is 0 Å². The largest absolute Gasteiger partial charge is 0.426 e. The van der Waals surface area contributed by atoms with Crippen LogP contribution >= 0.6 is 15.9 Å². The first-order chi connectivity index (χ1) is 13.9. The highest BCUT2D eigenvalue weighted by atomic mass is 79.9. The molecule has 3 amide bonds. The average Bonchev–Trinajstić information content (AvgIpc) is 3.25. The normalized spacial score (nSPS) is 19.2. The molecule has 2 heterocycles. The summed E-state index contributed by atoms with van der Waals surface area (Å²) >= 11 is 3.36. The molecule has 1 atom stereocenters. The molecule has 2 aromatic rings. The molecule has 2 aromatic carbocycles. The topological polar surface area (TPSA) is 84.0 Å². The Bertz CT molecular complexity index is 988. The minimum atomic E-state index is -0.593. The molecule has 0 unspecified atom stereocenters. The number of esters is 1. The lowest BCUT2D eigenvalue weighted by atomic mass is 10.1. The van der Waals surface area contributed by atoms with Crippen LogP contribution in [0.5, 0.6) is 5.75 Å². The standard InChI is InChI=1S/C21H17BrN2O5/c22-14-4-6-15(7-5-14)23-12-13(10-20(23)27)21(28)29-17-3-1-2-16(11-17)24-18(25)8-9-19(24)26/h1-7,11,13H,8-10,12H2/t13-/m0/s1. The molecule has 7 nitrogen and oxygen atoms in total. The van der Waals surface area contributed by atoms with Crippen LogP contribution in [0.1, 0.15) is 19.3 Å². The van der Waals surface area contributed by atoms with Gasteiger partial charge in [0.25, 0.3) is 0 Å². The number of anilines is 2. The van der Waals surface area contributed by atoms with Crippen molar-refractivity contribution in [1.29, 1.82) is 0 Å². The first-order valence-corrected chi connectivity index (χ1v) is 9.95. The Labute approximate surface area is 175 Å². The third kappa shape index (κ3) is 3.93. The third-order valence-electron chi connectivity index (χ3n) is 4.94. The summed E-state index contributed by atoms with van der Waals surface area (Å²) in [5, 5.41) is 0. The highest BCUT2D eigenvalue weighted by Crippen LogP contribution is 2.29. The van der Waals surface area contributed by atoms with Crippen LogP contribution in [0, 0.1) is 5.92 Å². The van der Waals surface area contributed by atoms with E-state index in [1.165, 1.54) is 6.07 Å². The summed E-state index contributed by atoms with van der Waals surface area (Å²) < 4.78 is 6.35. The summed E-state index contributed by atoms with van der Waals surface area (Å²) in [6, 6.07) is 13.6. The molecule has 0 bridgehead atoms. The molecule has 0 aromatic heterocycles. The van der Waals surface area contributed by atoms with E-state index in [0.717, 1.165) is 15.1 Å². The van der Waals surface area contributed by atoms with Crippen molar-refractivity contribution in [3.8, 4) is 5.75 Å². The molecular weight excluding hydrogens is 440 g/mol. The molecule has 29 heavy (non-hydrogen) atoms. The highest BCUT2D eigenvalue weighted by molar-refractivity contribution is 9.10. The monoisotopic (exact) mass is 456 g/mol. The molecule has 2 saturated heterocycles. The average molecular weight is 457 g/mol. The molecule has 2 aliphatic heterocycles. The lowest BCUT2D eigenvalue weighted by Crippen LogP contribution is -2.29. The Hall–Kier alpha value is -3.00. The lowest BCUT2D eigenvalue weighted by molar-refractivity contribution is -0.139. The minimum Gasteiger partial charge on any atom is -0.426 e. The number of halogens is 1. The van der Waals surface area contributed by atoms with Gasteiger partial charge in [-0.3, -0.25) is 24.1 Å². The summed E-state index contributed by atoms with van der Waals surface area (Å²) in [7, 11) is 0. The first kappa shape index (κ1) is 19.3. The van der Waals surface area contributed by atoms with Gasteiger partial charge in [-0.1, -0.05) is 22.0 Å². The number of imide groups is 1. The number of hydrogen-bond acceptors (Lipinski definition) is 5. The van der Waals surface area contributed by atoms with Crippen LogP contribution in [-0.4, -0.2) is 30.2 Å². The Balaban J connectivity index is 1.45. The fourth-order valence-corrected chi connectivity index (χ4v) is 3.75. The quantitative estimate of drug-likeness (QED) is 0.401. The van der Waals surface area contributed by atoms with Crippen LogP contribution in [0.2, 0.25) is 0 Å². The van der Waals surface area contributed by atoms with Crippen LogP contribution < -0.4 is 14.5 Å². The molecule has 0 saturated carbocycles.